The minimum absolute atomic E-state index is 0.754. The molecule has 1 aliphatic rings. The molecule has 0 atom stereocenters. The van der Waals surface area contributed by atoms with E-state index < -0.39 is 0 Å². The Kier molecular flexibility index (Phi) is 5.99. The maximum atomic E-state index is 5.75. The maximum absolute atomic E-state index is 5.75. The Morgan fingerprint density at radius 1 is 1.22 bits per heavy atom. The molecule has 1 aromatic carbocycles. The molecule has 0 aliphatic heterocycles. The molecule has 18 heavy (non-hydrogen) atoms. The quantitative estimate of drug-likeness (QED) is 0.737. The van der Waals surface area contributed by atoms with Gasteiger partial charge in [-0.15, -0.1) is 0 Å². The van der Waals surface area contributed by atoms with Crippen LogP contribution in [0.3, 0.4) is 0 Å². The third-order valence-corrected chi connectivity index (χ3v) is 4.37. The molecule has 2 nitrogen and oxygen atoms in total. The first-order chi connectivity index (χ1) is 8.75. The third-order valence-electron chi connectivity index (χ3n) is 3.26. The van der Waals surface area contributed by atoms with Gasteiger partial charge in [0, 0.05) is 10.5 Å². The Labute approximate surface area is 126 Å². The van der Waals surface area contributed by atoms with E-state index in [-0.39, 0.29) is 0 Å². The molecule has 1 aromatic rings. The first-order valence-electron chi connectivity index (χ1n) is 6.57. The molecule has 4 heteroatoms. The summed E-state index contributed by atoms with van der Waals surface area (Å²) in [4.78, 5) is 0. The number of halogens is 2. The van der Waals surface area contributed by atoms with E-state index in [0.29, 0.717) is 0 Å². The average Bonchev–Trinajstić information content (AvgIpc) is 2.84. The SMILES string of the molecule is Brc1ccc(OCCCNC2CCCC2)c(Br)c1. The van der Waals surface area contributed by atoms with Crippen LogP contribution in [0.4, 0.5) is 0 Å². The highest BCUT2D eigenvalue weighted by Gasteiger charge is 2.13. The van der Waals surface area contributed by atoms with Crippen molar-refractivity contribution in [2.75, 3.05) is 13.2 Å². The molecule has 2 rings (SSSR count). The van der Waals surface area contributed by atoms with Crippen LogP contribution in [0.2, 0.25) is 0 Å². The highest BCUT2D eigenvalue weighted by atomic mass is 79.9. The Bertz CT molecular complexity index is 378. The van der Waals surface area contributed by atoms with Crippen molar-refractivity contribution in [2.45, 2.75) is 38.1 Å². The summed E-state index contributed by atoms with van der Waals surface area (Å²) >= 11 is 6.93. The van der Waals surface area contributed by atoms with Gasteiger partial charge in [0.1, 0.15) is 5.75 Å². The Morgan fingerprint density at radius 2 is 2.00 bits per heavy atom. The fraction of sp³-hybridized carbons (Fsp3) is 0.571. The summed E-state index contributed by atoms with van der Waals surface area (Å²) in [5.74, 6) is 0.916. The zero-order valence-corrected chi connectivity index (χ0v) is 13.6. The van der Waals surface area contributed by atoms with Crippen LogP contribution in [0.15, 0.2) is 27.1 Å². The topological polar surface area (TPSA) is 21.3 Å². The molecule has 0 heterocycles. The summed E-state index contributed by atoms with van der Waals surface area (Å²) in [6.07, 6.45) is 6.53. The monoisotopic (exact) mass is 375 g/mol. The minimum Gasteiger partial charge on any atom is -0.492 e. The lowest BCUT2D eigenvalue weighted by Crippen LogP contribution is -2.27. The number of benzene rings is 1. The third kappa shape index (κ3) is 4.56. The van der Waals surface area contributed by atoms with Crippen molar-refractivity contribution in [3.05, 3.63) is 27.1 Å². The molecular weight excluding hydrogens is 358 g/mol. The van der Waals surface area contributed by atoms with Gasteiger partial charge in [0.15, 0.2) is 0 Å². The normalized spacial score (nSPS) is 16.1. The number of nitrogens with one attached hydrogen (secondary N) is 1. The van der Waals surface area contributed by atoms with Gasteiger partial charge >= 0.3 is 0 Å². The summed E-state index contributed by atoms with van der Waals surface area (Å²) in [6.45, 7) is 1.82. The first-order valence-corrected chi connectivity index (χ1v) is 8.15. The smallest absolute Gasteiger partial charge is 0.133 e. The molecule has 0 spiro atoms. The number of hydrogen-bond donors (Lipinski definition) is 1. The second-order valence-corrected chi connectivity index (χ2v) is 6.48. The van der Waals surface area contributed by atoms with Gasteiger partial charge in [-0.1, -0.05) is 28.8 Å². The van der Waals surface area contributed by atoms with Crippen LogP contribution in [0.1, 0.15) is 32.1 Å². The van der Waals surface area contributed by atoms with Crippen molar-refractivity contribution in [3.63, 3.8) is 0 Å². The summed E-state index contributed by atoms with van der Waals surface area (Å²) in [6, 6.07) is 6.74. The van der Waals surface area contributed by atoms with E-state index in [9.17, 15) is 0 Å². The summed E-state index contributed by atoms with van der Waals surface area (Å²) in [7, 11) is 0. The predicted octanol–water partition coefficient (Wildman–Crippen LogP) is 4.51. The van der Waals surface area contributed by atoms with Crippen molar-refractivity contribution < 1.29 is 4.74 Å². The predicted molar refractivity (Wildman–Crippen MR) is 82.2 cm³/mol. The molecule has 0 saturated heterocycles. The van der Waals surface area contributed by atoms with Gasteiger partial charge in [0.25, 0.3) is 0 Å². The Hall–Kier alpha value is -0.0600. The molecule has 0 bridgehead atoms. The van der Waals surface area contributed by atoms with Gasteiger partial charge in [-0.25, -0.2) is 0 Å². The highest BCUT2D eigenvalue weighted by Crippen LogP contribution is 2.28. The van der Waals surface area contributed by atoms with E-state index in [1.807, 2.05) is 18.2 Å². The summed E-state index contributed by atoms with van der Waals surface area (Å²) in [5, 5.41) is 3.59. The second kappa shape index (κ2) is 7.51. The van der Waals surface area contributed by atoms with Crippen molar-refractivity contribution >= 4 is 31.9 Å². The van der Waals surface area contributed by atoms with Gasteiger partial charge < -0.3 is 10.1 Å². The lowest BCUT2D eigenvalue weighted by molar-refractivity contribution is 0.303. The Morgan fingerprint density at radius 3 is 2.72 bits per heavy atom. The van der Waals surface area contributed by atoms with Crippen molar-refractivity contribution in [2.24, 2.45) is 0 Å². The van der Waals surface area contributed by atoms with E-state index in [1.54, 1.807) is 0 Å². The second-order valence-electron chi connectivity index (χ2n) is 4.71. The van der Waals surface area contributed by atoms with Gasteiger partial charge in [-0.3, -0.25) is 0 Å². The van der Waals surface area contributed by atoms with Crippen molar-refractivity contribution in [3.8, 4) is 5.75 Å². The number of rotatable bonds is 6. The van der Waals surface area contributed by atoms with Crippen LogP contribution < -0.4 is 10.1 Å². The van der Waals surface area contributed by atoms with E-state index in [1.165, 1.54) is 25.7 Å². The van der Waals surface area contributed by atoms with Crippen LogP contribution in [-0.4, -0.2) is 19.2 Å². The molecule has 1 N–H and O–H groups in total. The fourth-order valence-corrected chi connectivity index (χ4v) is 3.44. The summed E-state index contributed by atoms with van der Waals surface area (Å²) in [5.41, 5.74) is 0. The molecule has 0 amide bonds. The van der Waals surface area contributed by atoms with Gasteiger partial charge in [0.05, 0.1) is 11.1 Å². The Balaban J connectivity index is 1.62. The molecule has 0 aromatic heterocycles. The van der Waals surface area contributed by atoms with Crippen LogP contribution in [0.5, 0.6) is 5.75 Å². The highest BCUT2D eigenvalue weighted by molar-refractivity contribution is 9.11. The molecule has 1 fully saturated rings. The van der Waals surface area contributed by atoms with E-state index in [0.717, 1.165) is 40.3 Å². The lowest BCUT2D eigenvalue weighted by atomic mass is 10.2. The average molecular weight is 377 g/mol. The van der Waals surface area contributed by atoms with E-state index >= 15 is 0 Å². The van der Waals surface area contributed by atoms with E-state index in [4.69, 9.17) is 4.74 Å². The largest absolute Gasteiger partial charge is 0.492 e. The minimum atomic E-state index is 0.754. The summed E-state index contributed by atoms with van der Waals surface area (Å²) < 4.78 is 7.81. The maximum Gasteiger partial charge on any atom is 0.133 e. The van der Waals surface area contributed by atoms with Gasteiger partial charge in [-0.05, 0) is 59.9 Å². The zero-order valence-electron chi connectivity index (χ0n) is 10.4. The molecule has 1 aliphatic carbocycles. The van der Waals surface area contributed by atoms with Crippen molar-refractivity contribution in [1.82, 2.24) is 5.32 Å². The van der Waals surface area contributed by atoms with Crippen LogP contribution in [0.25, 0.3) is 0 Å². The lowest BCUT2D eigenvalue weighted by Gasteiger charge is -2.12. The molecule has 100 valence electrons. The van der Waals surface area contributed by atoms with Crippen LogP contribution >= 0.6 is 31.9 Å². The molecular formula is C14H19Br2NO. The van der Waals surface area contributed by atoms with Gasteiger partial charge in [-0.2, -0.15) is 0 Å². The molecule has 0 radical (unpaired) electrons. The van der Waals surface area contributed by atoms with Crippen molar-refractivity contribution in [1.29, 1.82) is 0 Å². The van der Waals surface area contributed by atoms with Crippen LogP contribution in [-0.2, 0) is 0 Å². The first kappa shape index (κ1) is 14.4. The number of ether oxygens (including phenoxy) is 1. The zero-order chi connectivity index (χ0) is 12.8. The molecule has 0 unspecified atom stereocenters. The van der Waals surface area contributed by atoms with Gasteiger partial charge in [0.2, 0.25) is 0 Å². The number of hydrogen-bond acceptors (Lipinski definition) is 2. The fourth-order valence-electron chi connectivity index (χ4n) is 2.28. The standard InChI is InChI=1S/C14H19Br2NO/c15-11-6-7-14(13(16)10-11)18-9-3-8-17-12-4-1-2-5-12/h6-7,10,12,17H,1-5,8-9H2. The van der Waals surface area contributed by atoms with E-state index in [2.05, 4.69) is 37.2 Å². The molecule has 1 saturated carbocycles. The van der Waals surface area contributed by atoms with Crippen LogP contribution in [0, 0.1) is 0 Å².